The summed E-state index contributed by atoms with van der Waals surface area (Å²) in [4.78, 5) is 15.2. The van der Waals surface area contributed by atoms with Gasteiger partial charge in [-0.25, -0.2) is 19.9 Å². The maximum Gasteiger partial charge on any atom is 0.224 e. The van der Waals surface area contributed by atoms with E-state index in [9.17, 15) is 0 Å². The first-order chi connectivity index (χ1) is 19.9. The van der Waals surface area contributed by atoms with E-state index < -0.39 is 28.2 Å². The number of anilines is 1. The molecule has 0 spiro atoms. The summed E-state index contributed by atoms with van der Waals surface area (Å²) in [6.45, 7) is 0. The normalized spacial score (nSPS) is 17.6. The predicted molar refractivity (Wildman–Crippen MR) is 125 cm³/mol. The van der Waals surface area contributed by atoms with Crippen LogP contribution in [0.4, 0.5) is 5.82 Å². The molecule has 0 fully saturated rings. The molecule has 2 aromatic heterocycles. The van der Waals surface area contributed by atoms with Crippen molar-refractivity contribution in [2.45, 2.75) is 0 Å². The summed E-state index contributed by atoms with van der Waals surface area (Å²) in [5, 5.41) is 0.159. The third-order valence-corrected chi connectivity index (χ3v) is 4.52. The van der Waals surface area contributed by atoms with Crippen molar-refractivity contribution in [3.8, 4) is 23.0 Å². The molecule has 0 aliphatic rings. The summed E-state index contributed by atoms with van der Waals surface area (Å²) in [5.74, 6) is -1.30. The molecule has 168 valence electrons. The lowest BCUT2D eigenvalue weighted by Gasteiger charge is -2.09. The number of ether oxygens (including phenoxy) is 4. The van der Waals surface area contributed by atoms with Crippen molar-refractivity contribution in [3.63, 3.8) is 0 Å². The fraction of sp³-hybridized carbons (Fsp3) is 0.200. The van der Waals surface area contributed by atoms with Crippen LogP contribution < -0.4 is 24.7 Å². The number of fused-ring (bicyclic) bond motifs is 2. The van der Waals surface area contributed by atoms with E-state index in [2.05, 4.69) is 19.9 Å². The predicted octanol–water partition coefficient (Wildman–Crippen LogP) is 4.84. The van der Waals surface area contributed by atoms with Crippen LogP contribution in [0.2, 0.25) is 15.7 Å². The van der Waals surface area contributed by atoms with Crippen molar-refractivity contribution in [2.75, 3.05) is 33.9 Å². The molecular formula is C20H18Cl3N5O4. The van der Waals surface area contributed by atoms with Crippen molar-refractivity contribution < 1.29 is 35.4 Å². The second kappa shape index (κ2) is 10.1. The summed E-state index contributed by atoms with van der Waals surface area (Å²) in [6, 6.07) is 4.71. The maximum atomic E-state index is 7.12. The van der Waals surface area contributed by atoms with Gasteiger partial charge < -0.3 is 24.7 Å². The second-order valence-electron chi connectivity index (χ2n) is 5.70. The quantitative estimate of drug-likeness (QED) is 0.304. The van der Waals surface area contributed by atoms with Gasteiger partial charge in [0.1, 0.15) is 11.0 Å². The largest absolute Gasteiger partial charge is 0.493 e. The lowest BCUT2D eigenvalue weighted by atomic mass is 10.2. The Morgan fingerprint density at radius 3 is 1.62 bits per heavy atom. The molecule has 0 bridgehead atoms. The Morgan fingerprint density at radius 2 is 1.09 bits per heavy atom. The van der Waals surface area contributed by atoms with E-state index in [1.54, 1.807) is 0 Å². The number of nitrogens with zero attached hydrogens (tertiary/aromatic N) is 4. The first-order valence-electron chi connectivity index (χ1n) is 14.1. The minimum Gasteiger partial charge on any atom is -0.493 e. The van der Waals surface area contributed by atoms with Crippen molar-refractivity contribution in [1.29, 1.82) is 0 Å². The first kappa shape index (κ1) is 12.3. The molecular weight excluding hydrogens is 481 g/mol. The zero-order chi connectivity index (χ0) is 33.4. The fourth-order valence-electron chi connectivity index (χ4n) is 2.52. The minimum atomic E-state index is -2.81. The highest BCUT2D eigenvalue weighted by Crippen LogP contribution is 2.35. The molecule has 4 aromatic rings. The molecule has 0 unspecified atom stereocenters. The van der Waals surface area contributed by atoms with E-state index in [1.807, 2.05) is 0 Å². The van der Waals surface area contributed by atoms with Gasteiger partial charge in [0.05, 0.1) is 55.6 Å². The molecule has 2 heterocycles. The van der Waals surface area contributed by atoms with Crippen LogP contribution >= 0.6 is 34.8 Å². The highest BCUT2D eigenvalue weighted by atomic mass is 35.5. The molecule has 0 saturated heterocycles. The van der Waals surface area contributed by atoms with Gasteiger partial charge in [0.15, 0.2) is 23.0 Å². The van der Waals surface area contributed by atoms with Crippen LogP contribution in [-0.4, -0.2) is 48.1 Å². The van der Waals surface area contributed by atoms with E-state index >= 15 is 0 Å². The van der Waals surface area contributed by atoms with Crippen LogP contribution in [0.15, 0.2) is 24.3 Å². The molecule has 9 nitrogen and oxygen atoms in total. The first-order valence-corrected chi connectivity index (χ1v) is 9.22. The van der Waals surface area contributed by atoms with Crippen molar-refractivity contribution >= 4 is 62.4 Å². The molecule has 0 amide bonds. The van der Waals surface area contributed by atoms with Gasteiger partial charge >= 0.3 is 0 Å². The molecule has 4 rings (SSSR count). The average Bonchev–Trinajstić information content (AvgIpc) is 2.77. The molecule has 12 heteroatoms. The third kappa shape index (κ3) is 4.90. The standard InChI is InChI=1S/C10H8Cl2N2O2.C10H10ClN3O2/c1-15-7-3-5-6(4-8(7)16-2)13-10(12)14-9(5)11;1-15-7-3-5-6(4-8(7)16-2)13-10(11)14-9(5)12/h3-4H,1-2H3;3-4H,1-2H3,(H2,12,13,14)/i2*1D3,2D3. The molecule has 0 radical (unpaired) electrons. The number of hydrogen-bond donors (Lipinski definition) is 1. The summed E-state index contributed by atoms with van der Waals surface area (Å²) in [6.07, 6.45) is 0. The second-order valence-corrected chi connectivity index (χ2v) is 6.74. The molecule has 32 heavy (non-hydrogen) atoms. The zero-order valence-electron chi connectivity index (χ0n) is 27.4. The number of methoxy groups -OCH3 is 4. The number of hydrogen-bond acceptors (Lipinski definition) is 9. The molecule has 0 atom stereocenters. The van der Waals surface area contributed by atoms with Crippen LogP contribution in [0.1, 0.15) is 16.4 Å². The highest BCUT2D eigenvalue weighted by molar-refractivity contribution is 6.35. The zero-order valence-corrected chi connectivity index (χ0v) is 17.7. The number of nitrogens with two attached hydrogens (primary N) is 1. The maximum absolute atomic E-state index is 7.12. The number of nitrogen functional groups attached to an aromatic ring is 1. The van der Waals surface area contributed by atoms with Crippen LogP contribution in [0.5, 0.6) is 23.0 Å². The smallest absolute Gasteiger partial charge is 0.224 e. The third-order valence-electron chi connectivity index (χ3n) is 3.89. The molecule has 0 aliphatic carbocycles. The lowest BCUT2D eigenvalue weighted by molar-refractivity contribution is 0.356. The van der Waals surface area contributed by atoms with Gasteiger partial charge in [-0.05, 0) is 35.3 Å². The van der Waals surface area contributed by atoms with E-state index in [1.165, 1.54) is 24.3 Å². The van der Waals surface area contributed by atoms with Crippen LogP contribution in [-0.2, 0) is 0 Å². The Kier molecular flexibility index (Phi) is 3.87. The van der Waals surface area contributed by atoms with Gasteiger partial charge in [-0.15, -0.1) is 0 Å². The molecule has 2 N–H and O–H groups in total. The van der Waals surface area contributed by atoms with Gasteiger partial charge in [0, 0.05) is 22.9 Å². The van der Waals surface area contributed by atoms with Crippen LogP contribution in [0.3, 0.4) is 0 Å². The highest BCUT2D eigenvalue weighted by Gasteiger charge is 2.12. The van der Waals surface area contributed by atoms with E-state index in [0.717, 1.165) is 0 Å². The molecule has 2 aromatic carbocycles. The summed E-state index contributed by atoms with van der Waals surface area (Å²) >= 11 is 17.3. The van der Waals surface area contributed by atoms with Crippen molar-refractivity contribution in [2.24, 2.45) is 0 Å². The number of halogens is 3. The van der Waals surface area contributed by atoms with Gasteiger partial charge in [0.25, 0.3) is 0 Å². The molecule has 0 saturated carbocycles. The summed E-state index contributed by atoms with van der Waals surface area (Å²) in [5.41, 5.74) is 6.06. The Hall–Kier alpha value is -3.01. The van der Waals surface area contributed by atoms with Gasteiger partial charge in [-0.3, -0.25) is 0 Å². The topological polar surface area (TPSA) is 115 Å². The minimum absolute atomic E-state index is 0.00849. The SMILES string of the molecule is [2H]C([2H])([2H])Oc1cc2nc(Cl)nc(Cl)c2cc1OC([2H])([2H])[2H].[2H]C([2H])([2H])Oc1cc2nc(Cl)nc(N)c2cc1OC([2H])([2H])[2H]. The number of aromatic nitrogens is 4. The summed E-state index contributed by atoms with van der Waals surface area (Å²) < 4.78 is 104. The Morgan fingerprint density at radius 1 is 0.656 bits per heavy atom. The van der Waals surface area contributed by atoms with Gasteiger partial charge in [-0.2, -0.15) is 0 Å². The number of benzene rings is 2. The number of rotatable bonds is 4. The van der Waals surface area contributed by atoms with Crippen molar-refractivity contribution in [3.05, 3.63) is 40.0 Å². The van der Waals surface area contributed by atoms with E-state index in [4.69, 9.17) is 75.9 Å². The van der Waals surface area contributed by atoms with Crippen LogP contribution in [0.25, 0.3) is 21.8 Å². The van der Waals surface area contributed by atoms with E-state index in [-0.39, 0.29) is 66.3 Å². The lowest BCUT2D eigenvalue weighted by Crippen LogP contribution is -1.97. The summed E-state index contributed by atoms with van der Waals surface area (Å²) in [7, 11) is -11.2. The Balaban J connectivity index is 0.000000240. The fourth-order valence-corrected chi connectivity index (χ4v) is 3.15. The molecule has 0 aliphatic heterocycles. The Labute approximate surface area is 215 Å². The Bertz CT molecular complexity index is 1560. The monoisotopic (exact) mass is 509 g/mol. The van der Waals surface area contributed by atoms with Crippen molar-refractivity contribution in [1.82, 2.24) is 19.9 Å². The van der Waals surface area contributed by atoms with Gasteiger partial charge in [0.2, 0.25) is 10.6 Å². The van der Waals surface area contributed by atoms with E-state index in [0.29, 0.717) is 0 Å². The van der Waals surface area contributed by atoms with Gasteiger partial charge in [-0.1, -0.05) is 11.6 Å². The average molecular weight is 511 g/mol. The van der Waals surface area contributed by atoms with Crippen LogP contribution in [0, 0.1) is 0 Å².